The summed E-state index contributed by atoms with van der Waals surface area (Å²) in [4.78, 5) is 4.66. The van der Waals surface area contributed by atoms with Crippen LogP contribution < -0.4 is 15.2 Å². The van der Waals surface area contributed by atoms with Gasteiger partial charge in [-0.05, 0) is 24.3 Å². The molecule has 2 aliphatic rings. The minimum atomic E-state index is -0.968. The zero-order valence-electron chi connectivity index (χ0n) is 14.8. The zero-order chi connectivity index (χ0) is 18.9. The van der Waals surface area contributed by atoms with Crippen LogP contribution in [0.5, 0.6) is 17.2 Å². The van der Waals surface area contributed by atoms with Gasteiger partial charge in [-0.2, -0.15) is 0 Å². The average molecular weight is 423 g/mol. The molecule has 2 aliphatic heterocycles. The van der Waals surface area contributed by atoms with Crippen molar-refractivity contribution < 1.29 is 18.6 Å². The molecule has 138 valence electrons. The molecule has 2 aromatic carbocycles. The van der Waals surface area contributed by atoms with Gasteiger partial charge in [0.05, 0.1) is 13.7 Å². The van der Waals surface area contributed by atoms with Gasteiger partial charge in [0.25, 0.3) is 0 Å². The van der Waals surface area contributed by atoms with Gasteiger partial charge >= 0.3 is 0 Å². The Labute approximate surface area is 160 Å². The SMILES string of the molecule is CC.COc1cc(F)c2c(c1)C1(COCC(N)=N1)c1cc(Br)ccc1O2. The van der Waals surface area contributed by atoms with Crippen molar-refractivity contribution >= 4 is 21.8 Å². The summed E-state index contributed by atoms with van der Waals surface area (Å²) in [5.41, 5.74) is 6.28. The molecule has 2 aromatic rings. The largest absolute Gasteiger partial charge is 0.497 e. The van der Waals surface area contributed by atoms with E-state index < -0.39 is 11.4 Å². The monoisotopic (exact) mass is 422 g/mol. The van der Waals surface area contributed by atoms with Gasteiger partial charge in [0.2, 0.25) is 0 Å². The van der Waals surface area contributed by atoms with Crippen molar-refractivity contribution in [3.8, 4) is 17.2 Å². The lowest BCUT2D eigenvalue weighted by Crippen LogP contribution is -2.42. The molecule has 0 amide bonds. The van der Waals surface area contributed by atoms with Crippen molar-refractivity contribution in [2.24, 2.45) is 10.7 Å². The van der Waals surface area contributed by atoms with Gasteiger partial charge < -0.3 is 19.9 Å². The first-order valence-corrected chi connectivity index (χ1v) is 9.10. The first-order chi connectivity index (χ1) is 12.5. The van der Waals surface area contributed by atoms with Crippen molar-refractivity contribution in [2.45, 2.75) is 19.4 Å². The Balaban J connectivity index is 0.000000948. The van der Waals surface area contributed by atoms with E-state index in [1.54, 1.807) is 12.1 Å². The van der Waals surface area contributed by atoms with E-state index in [4.69, 9.17) is 19.9 Å². The van der Waals surface area contributed by atoms with E-state index in [0.717, 1.165) is 10.0 Å². The van der Waals surface area contributed by atoms with Crippen LogP contribution >= 0.6 is 15.9 Å². The van der Waals surface area contributed by atoms with Crippen LogP contribution in [0.25, 0.3) is 0 Å². The minimum absolute atomic E-state index is 0.118. The molecule has 0 saturated heterocycles. The van der Waals surface area contributed by atoms with Crippen molar-refractivity contribution in [2.75, 3.05) is 20.3 Å². The fourth-order valence-electron chi connectivity index (χ4n) is 3.16. The number of ether oxygens (including phenoxy) is 3. The fraction of sp³-hybridized carbons (Fsp3) is 0.316. The molecule has 0 aliphatic carbocycles. The van der Waals surface area contributed by atoms with Crippen molar-refractivity contribution in [1.29, 1.82) is 0 Å². The molecule has 5 nitrogen and oxygen atoms in total. The summed E-state index contributed by atoms with van der Waals surface area (Å²) < 4.78 is 32.1. The molecule has 4 rings (SSSR count). The van der Waals surface area contributed by atoms with Gasteiger partial charge in [-0.3, -0.25) is 4.99 Å². The molecule has 1 spiro atoms. The lowest BCUT2D eigenvalue weighted by atomic mass is 9.80. The number of nitrogens with two attached hydrogens (primary N) is 1. The number of hydrogen-bond acceptors (Lipinski definition) is 5. The van der Waals surface area contributed by atoms with Crippen molar-refractivity contribution in [3.63, 3.8) is 0 Å². The second kappa shape index (κ2) is 7.25. The van der Waals surface area contributed by atoms with Crippen molar-refractivity contribution in [1.82, 2.24) is 0 Å². The van der Waals surface area contributed by atoms with Crippen LogP contribution in [0.4, 0.5) is 4.39 Å². The van der Waals surface area contributed by atoms with E-state index in [0.29, 0.717) is 22.9 Å². The number of hydrogen-bond donors (Lipinski definition) is 1. The number of amidine groups is 1. The van der Waals surface area contributed by atoms with Gasteiger partial charge in [0.15, 0.2) is 11.6 Å². The highest BCUT2D eigenvalue weighted by atomic mass is 79.9. The molecule has 0 aromatic heterocycles. The maximum atomic E-state index is 14.6. The standard InChI is InChI=1S/C17H14BrFN2O3.C2H6/c1-22-10-5-12-16(13(19)6-10)24-14-3-2-9(18)4-11(14)17(12)8-23-7-15(20)21-17;1-2/h2-6H,7-8H2,1H3,(H2,20,21);1-2H3. The predicted octanol–water partition coefficient (Wildman–Crippen LogP) is 4.36. The Kier molecular flexibility index (Phi) is 5.20. The van der Waals surface area contributed by atoms with Crippen molar-refractivity contribution in [3.05, 3.63) is 51.7 Å². The number of halogens is 2. The topological polar surface area (TPSA) is 66.1 Å². The van der Waals surface area contributed by atoms with E-state index in [-0.39, 0.29) is 19.0 Å². The van der Waals surface area contributed by atoms with Crippen LogP contribution in [0.2, 0.25) is 0 Å². The third-order valence-electron chi connectivity index (χ3n) is 4.19. The van der Waals surface area contributed by atoms with E-state index in [1.807, 2.05) is 26.0 Å². The van der Waals surface area contributed by atoms with E-state index >= 15 is 0 Å². The first-order valence-electron chi connectivity index (χ1n) is 8.31. The lowest BCUT2D eigenvalue weighted by molar-refractivity contribution is 0.109. The second-order valence-corrected chi connectivity index (χ2v) is 6.60. The molecule has 1 atom stereocenters. The van der Waals surface area contributed by atoms with Gasteiger partial charge in [-0.15, -0.1) is 0 Å². The van der Waals surface area contributed by atoms with Gasteiger partial charge in [0.1, 0.15) is 29.5 Å². The summed E-state index contributed by atoms with van der Waals surface area (Å²) >= 11 is 3.46. The maximum Gasteiger partial charge on any atom is 0.169 e. The van der Waals surface area contributed by atoms with Crippen LogP contribution in [0.3, 0.4) is 0 Å². The molecule has 0 fully saturated rings. The number of nitrogens with zero attached hydrogens (tertiary/aromatic N) is 1. The molecule has 2 N–H and O–H groups in total. The van der Waals surface area contributed by atoms with Crippen LogP contribution in [0.1, 0.15) is 25.0 Å². The lowest BCUT2D eigenvalue weighted by Gasteiger charge is -2.39. The van der Waals surface area contributed by atoms with Crippen LogP contribution in [0, 0.1) is 5.82 Å². The Morgan fingerprint density at radius 1 is 1.23 bits per heavy atom. The average Bonchev–Trinajstić information content (AvgIpc) is 2.65. The Hall–Kier alpha value is -2.12. The summed E-state index contributed by atoms with van der Waals surface area (Å²) in [6.45, 7) is 4.48. The molecule has 7 heteroatoms. The number of methoxy groups -OCH3 is 1. The molecule has 0 bridgehead atoms. The molecule has 0 saturated carbocycles. The second-order valence-electron chi connectivity index (χ2n) is 5.68. The van der Waals surface area contributed by atoms with Gasteiger partial charge in [0, 0.05) is 21.7 Å². The smallest absolute Gasteiger partial charge is 0.169 e. The quantitative estimate of drug-likeness (QED) is 0.741. The normalized spacial score (nSPS) is 20.1. The Morgan fingerprint density at radius 2 is 2.00 bits per heavy atom. The Morgan fingerprint density at radius 3 is 2.69 bits per heavy atom. The highest BCUT2D eigenvalue weighted by Gasteiger charge is 2.46. The highest BCUT2D eigenvalue weighted by molar-refractivity contribution is 9.10. The molecule has 26 heavy (non-hydrogen) atoms. The maximum absolute atomic E-state index is 14.6. The van der Waals surface area contributed by atoms with E-state index in [2.05, 4.69) is 20.9 Å². The van der Waals surface area contributed by atoms with E-state index in [9.17, 15) is 4.39 Å². The molecule has 1 unspecified atom stereocenters. The molecular weight excluding hydrogens is 403 g/mol. The molecule has 2 heterocycles. The summed E-state index contributed by atoms with van der Waals surface area (Å²) in [7, 11) is 1.48. The van der Waals surface area contributed by atoms with Crippen LogP contribution in [-0.2, 0) is 10.3 Å². The molecular formula is C19H20BrFN2O3. The Bertz CT molecular complexity index is 872. The number of aliphatic imine (C=N–C) groups is 1. The van der Waals surface area contributed by atoms with Gasteiger partial charge in [-0.25, -0.2) is 4.39 Å². The minimum Gasteiger partial charge on any atom is -0.497 e. The summed E-state index contributed by atoms with van der Waals surface area (Å²) in [5, 5.41) is 0. The van der Waals surface area contributed by atoms with Crippen LogP contribution in [-0.4, -0.2) is 26.2 Å². The summed E-state index contributed by atoms with van der Waals surface area (Å²) in [5.74, 6) is 0.858. The first kappa shape index (κ1) is 18.7. The number of fused-ring (bicyclic) bond motifs is 4. The van der Waals surface area contributed by atoms with Crippen LogP contribution in [0.15, 0.2) is 39.8 Å². The summed E-state index contributed by atoms with van der Waals surface area (Å²) in [6, 6.07) is 8.49. The summed E-state index contributed by atoms with van der Waals surface area (Å²) in [6.07, 6.45) is 0. The third kappa shape index (κ3) is 2.95. The number of benzene rings is 2. The third-order valence-corrected chi connectivity index (χ3v) is 4.69. The van der Waals surface area contributed by atoms with Gasteiger partial charge in [-0.1, -0.05) is 29.8 Å². The fourth-order valence-corrected chi connectivity index (χ4v) is 3.52. The predicted molar refractivity (Wildman–Crippen MR) is 102 cm³/mol. The highest BCUT2D eigenvalue weighted by Crippen LogP contribution is 2.52. The van der Waals surface area contributed by atoms with E-state index in [1.165, 1.54) is 13.2 Å². The zero-order valence-corrected chi connectivity index (χ0v) is 16.4. The molecule has 0 radical (unpaired) electrons. The number of rotatable bonds is 1.